The summed E-state index contributed by atoms with van der Waals surface area (Å²) >= 11 is 0. The van der Waals surface area contributed by atoms with Crippen LogP contribution in [-0.2, 0) is 6.18 Å². The second-order valence-electron chi connectivity index (χ2n) is 7.11. The minimum absolute atomic E-state index is 0.245. The monoisotopic (exact) mass is 373 g/mol. The maximum Gasteiger partial charge on any atom is 0.416 e. The largest absolute Gasteiger partial charge is 0.631 e. The van der Waals surface area contributed by atoms with Crippen molar-refractivity contribution in [1.82, 2.24) is 9.34 Å². The highest BCUT2D eigenvalue weighted by Crippen LogP contribution is 2.68. The standard InChI is InChI=1S/C17H23F3N3OP/c18-17(19,20)14-6-8-15(9-7-14)23-13-16-5-4-12-22(16)25(23,24)21-10-2-1-3-11-21/h6-9,16H,1-5,10-13H2/t16-,25?/m0/s1. The molecule has 2 atom stereocenters. The van der Waals surface area contributed by atoms with Gasteiger partial charge >= 0.3 is 6.18 Å². The van der Waals surface area contributed by atoms with Crippen LogP contribution in [0.4, 0.5) is 18.9 Å². The van der Waals surface area contributed by atoms with Crippen LogP contribution in [-0.4, -0.2) is 41.6 Å². The summed E-state index contributed by atoms with van der Waals surface area (Å²) in [5.74, 6) is 0. The van der Waals surface area contributed by atoms with Crippen LogP contribution in [0, 0.1) is 0 Å². The normalized spacial score (nSPS) is 31.5. The molecule has 3 aliphatic rings. The van der Waals surface area contributed by atoms with E-state index in [-0.39, 0.29) is 6.04 Å². The van der Waals surface area contributed by atoms with Crippen LogP contribution < -0.4 is 9.56 Å². The molecule has 0 aliphatic carbocycles. The van der Waals surface area contributed by atoms with Gasteiger partial charge in [-0.05, 0) is 49.9 Å². The van der Waals surface area contributed by atoms with Crippen LogP contribution in [0.3, 0.4) is 0 Å². The van der Waals surface area contributed by atoms with E-state index < -0.39 is 19.7 Å². The summed E-state index contributed by atoms with van der Waals surface area (Å²) in [5.41, 5.74) is -0.0277. The molecule has 25 heavy (non-hydrogen) atoms. The molecule has 4 nitrogen and oxygen atoms in total. The fraction of sp³-hybridized carbons (Fsp3) is 0.647. The van der Waals surface area contributed by atoms with Gasteiger partial charge in [-0.1, -0.05) is 6.42 Å². The summed E-state index contributed by atoms with van der Waals surface area (Å²) in [7, 11) is -2.92. The Labute approximate surface area is 146 Å². The third-order valence-electron chi connectivity index (χ3n) is 5.57. The van der Waals surface area contributed by atoms with Gasteiger partial charge in [0.05, 0.1) is 23.8 Å². The molecule has 0 radical (unpaired) electrons. The van der Waals surface area contributed by atoms with E-state index in [1.54, 1.807) is 0 Å². The highest BCUT2D eigenvalue weighted by molar-refractivity contribution is 7.66. The number of piperidine rings is 1. The maximum atomic E-state index is 14.1. The lowest BCUT2D eigenvalue weighted by Crippen LogP contribution is -2.47. The van der Waals surface area contributed by atoms with Gasteiger partial charge in [0.2, 0.25) is 7.94 Å². The molecule has 0 bridgehead atoms. The van der Waals surface area contributed by atoms with Crippen molar-refractivity contribution in [3.05, 3.63) is 29.8 Å². The molecule has 3 saturated heterocycles. The third-order valence-corrected chi connectivity index (χ3v) is 8.93. The van der Waals surface area contributed by atoms with Crippen LogP contribution in [0.5, 0.6) is 0 Å². The van der Waals surface area contributed by atoms with Crippen molar-refractivity contribution < 1.29 is 18.1 Å². The number of rotatable bonds is 2. The van der Waals surface area contributed by atoms with E-state index in [0.29, 0.717) is 12.2 Å². The van der Waals surface area contributed by atoms with E-state index in [4.69, 9.17) is 0 Å². The molecule has 3 heterocycles. The first-order chi connectivity index (χ1) is 11.9. The van der Waals surface area contributed by atoms with E-state index in [1.807, 2.05) is 4.67 Å². The van der Waals surface area contributed by atoms with Crippen molar-refractivity contribution in [2.24, 2.45) is 0 Å². The fourth-order valence-corrected chi connectivity index (χ4v) is 7.89. The van der Waals surface area contributed by atoms with Crippen LogP contribution in [0.15, 0.2) is 24.3 Å². The maximum absolute atomic E-state index is 14.1. The van der Waals surface area contributed by atoms with Crippen molar-refractivity contribution in [2.45, 2.75) is 44.3 Å². The molecule has 0 aromatic heterocycles. The van der Waals surface area contributed by atoms with Gasteiger partial charge in [-0.25, -0.2) is 4.67 Å². The van der Waals surface area contributed by atoms with Gasteiger partial charge in [0.25, 0.3) is 0 Å². The lowest BCUT2D eigenvalue weighted by molar-refractivity contribution is -0.194. The first kappa shape index (κ1) is 17.5. The summed E-state index contributed by atoms with van der Waals surface area (Å²) in [4.78, 5) is 14.1. The quantitative estimate of drug-likeness (QED) is 0.743. The molecule has 3 fully saturated rings. The molecular weight excluding hydrogens is 350 g/mol. The number of anilines is 1. The predicted octanol–water partition coefficient (Wildman–Crippen LogP) is 3.51. The molecule has 1 unspecified atom stereocenters. The molecule has 138 valence electrons. The summed E-state index contributed by atoms with van der Waals surface area (Å²) < 4.78 is 44.7. The first-order valence-electron chi connectivity index (χ1n) is 8.98. The third kappa shape index (κ3) is 2.95. The Morgan fingerprint density at radius 3 is 2.28 bits per heavy atom. The Hall–Kier alpha value is -0.880. The Morgan fingerprint density at radius 2 is 1.64 bits per heavy atom. The average molecular weight is 373 g/mol. The van der Waals surface area contributed by atoms with Crippen molar-refractivity contribution in [3.8, 4) is 0 Å². The topological polar surface area (TPSA) is 32.8 Å². The zero-order valence-electron chi connectivity index (χ0n) is 14.1. The van der Waals surface area contributed by atoms with Crippen molar-refractivity contribution in [1.29, 1.82) is 0 Å². The smallest absolute Gasteiger partial charge is 0.416 e. The number of nitrogens with zero attached hydrogens (tertiary/aromatic N) is 3. The summed E-state index contributed by atoms with van der Waals surface area (Å²) in [6.07, 6.45) is 0.922. The number of fused-ring (bicyclic) bond motifs is 1. The fourth-order valence-electron chi connectivity index (χ4n) is 4.32. The lowest BCUT2D eigenvalue weighted by Gasteiger charge is -2.47. The zero-order chi connectivity index (χ0) is 17.7. The van der Waals surface area contributed by atoms with E-state index >= 15 is 0 Å². The molecule has 0 N–H and O–H groups in total. The van der Waals surface area contributed by atoms with E-state index in [0.717, 1.165) is 63.9 Å². The van der Waals surface area contributed by atoms with Crippen LogP contribution in [0.2, 0.25) is 0 Å². The minimum Gasteiger partial charge on any atom is -0.631 e. The van der Waals surface area contributed by atoms with Gasteiger partial charge in [-0.3, -0.25) is 0 Å². The number of alkyl halides is 3. The van der Waals surface area contributed by atoms with Crippen molar-refractivity contribution in [3.63, 3.8) is 0 Å². The van der Waals surface area contributed by atoms with Crippen LogP contribution in [0.1, 0.15) is 37.7 Å². The van der Waals surface area contributed by atoms with E-state index in [9.17, 15) is 18.1 Å². The molecule has 0 spiro atoms. The Morgan fingerprint density at radius 1 is 0.960 bits per heavy atom. The molecular formula is C17H23F3N3OP. The second-order valence-corrected chi connectivity index (χ2v) is 9.70. The van der Waals surface area contributed by atoms with Gasteiger partial charge in [-0.2, -0.15) is 13.2 Å². The van der Waals surface area contributed by atoms with Gasteiger partial charge in [0.1, 0.15) is 0 Å². The molecule has 4 rings (SSSR count). The molecule has 1 aromatic rings. The SMILES string of the molecule is [O-][P+]1(N2CCCCC2)N(c2ccc(C(F)(F)F)cc2)C[C@@H]2CCCN21. The Bertz CT molecular complexity index is 621. The van der Waals surface area contributed by atoms with Gasteiger partial charge in [-0.15, -0.1) is 9.34 Å². The Kier molecular flexibility index (Phi) is 4.47. The van der Waals surface area contributed by atoms with E-state index in [2.05, 4.69) is 9.34 Å². The van der Waals surface area contributed by atoms with Gasteiger partial charge in [0, 0.05) is 19.6 Å². The Balaban J connectivity index is 1.67. The molecule has 3 aliphatic heterocycles. The highest BCUT2D eigenvalue weighted by Gasteiger charge is 2.58. The van der Waals surface area contributed by atoms with Crippen LogP contribution in [0.25, 0.3) is 0 Å². The summed E-state index contributed by atoms with van der Waals surface area (Å²) in [5, 5.41) is 0. The van der Waals surface area contributed by atoms with Crippen LogP contribution >= 0.6 is 7.94 Å². The first-order valence-corrected chi connectivity index (χ1v) is 10.5. The number of hydrogen-bond acceptors (Lipinski definition) is 4. The van der Waals surface area contributed by atoms with E-state index in [1.165, 1.54) is 12.1 Å². The van der Waals surface area contributed by atoms with Gasteiger partial charge in [0.15, 0.2) is 0 Å². The van der Waals surface area contributed by atoms with Crippen molar-refractivity contribution >= 4 is 13.6 Å². The predicted molar refractivity (Wildman–Crippen MR) is 90.9 cm³/mol. The number of benzene rings is 1. The molecule has 0 amide bonds. The van der Waals surface area contributed by atoms with Gasteiger partial charge < -0.3 is 4.89 Å². The summed E-state index contributed by atoms with van der Waals surface area (Å²) in [6, 6.07) is 5.39. The molecule has 1 aromatic carbocycles. The minimum atomic E-state index is -4.35. The average Bonchev–Trinajstić information content (AvgIpc) is 3.17. The summed E-state index contributed by atoms with van der Waals surface area (Å²) in [6.45, 7) is 3.06. The van der Waals surface area contributed by atoms with Crippen molar-refractivity contribution in [2.75, 3.05) is 30.8 Å². The second kappa shape index (κ2) is 6.38. The highest BCUT2D eigenvalue weighted by atomic mass is 31.2. The molecule has 8 heteroatoms. The number of hydrogen-bond donors (Lipinski definition) is 0. The zero-order valence-corrected chi connectivity index (χ0v) is 15.0. The number of halogens is 3. The molecule has 0 saturated carbocycles. The lowest BCUT2D eigenvalue weighted by atomic mass is 10.2.